The fraction of sp³-hybridized carbons (Fsp3) is 0.412. The summed E-state index contributed by atoms with van der Waals surface area (Å²) in [5, 5.41) is 17.7. The molecule has 1 fully saturated rings. The van der Waals surface area contributed by atoms with E-state index >= 15 is 0 Å². The third-order valence-electron chi connectivity index (χ3n) is 3.83. The molecule has 1 unspecified atom stereocenters. The second kappa shape index (κ2) is 7.61. The molecule has 21 heavy (non-hydrogen) atoms. The number of aliphatic hydroxyl groups is 1. The van der Waals surface area contributed by atoms with Crippen LogP contribution in [0.25, 0.3) is 6.08 Å². The topological polar surface area (TPSA) is 64.3 Å². The van der Waals surface area contributed by atoms with Gasteiger partial charge in [0.2, 0.25) is 5.91 Å². The van der Waals surface area contributed by atoms with Gasteiger partial charge in [-0.3, -0.25) is 4.79 Å². The Morgan fingerprint density at radius 2 is 2.19 bits per heavy atom. The lowest BCUT2D eigenvalue weighted by Crippen LogP contribution is -2.39. The normalized spacial score (nSPS) is 18.7. The predicted molar refractivity (Wildman–Crippen MR) is 81.2 cm³/mol. The van der Waals surface area contributed by atoms with Crippen LogP contribution in [0.5, 0.6) is 0 Å². The number of piperidine rings is 1. The first-order valence-corrected chi connectivity index (χ1v) is 7.31. The lowest BCUT2D eigenvalue weighted by Gasteiger charge is -2.31. The molecule has 1 saturated heterocycles. The van der Waals surface area contributed by atoms with Gasteiger partial charge in [0, 0.05) is 25.8 Å². The van der Waals surface area contributed by atoms with Crippen LogP contribution in [0.4, 0.5) is 0 Å². The van der Waals surface area contributed by atoms with Crippen LogP contribution in [-0.4, -0.2) is 35.6 Å². The third-order valence-corrected chi connectivity index (χ3v) is 3.83. The molecule has 1 aromatic rings. The molecule has 1 aromatic carbocycles. The third kappa shape index (κ3) is 4.44. The van der Waals surface area contributed by atoms with Crippen molar-refractivity contribution in [3.63, 3.8) is 0 Å². The number of nitriles is 1. The lowest BCUT2D eigenvalue weighted by molar-refractivity contribution is -0.127. The smallest absolute Gasteiger partial charge is 0.246 e. The Hall–Kier alpha value is -2.12. The summed E-state index contributed by atoms with van der Waals surface area (Å²) in [5.41, 5.74) is 1.52. The van der Waals surface area contributed by atoms with Crippen molar-refractivity contribution in [2.75, 3.05) is 19.7 Å². The zero-order valence-corrected chi connectivity index (χ0v) is 12.0. The van der Waals surface area contributed by atoms with Crippen molar-refractivity contribution in [3.8, 4) is 6.07 Å². The molecule has 0 aliphatic carbocycles. The van der Waals surface area contributed by atoms with E-state index < -0.39 is 0 Å². The fourth-order valence-corrected chi connectivity index (χ4v) is 2.63. The lowest BCUT2D eigenvalue weighted by atomic mass is 9.95. The van der Waals surface area contributed by atoms with Gasteiger partial charge in [-0.05, 0) is 49.0 Å². The highest BCUT2D eigenvalue weighted by Crippen LogP contribution is 2.19. The van der Waals surface area contributed by atoms with E-state index in [9.17, 15) is 4.79 Å². The van der Waals surface area contributed by atoms with Gasteiger partial charge in [-0.15, -0.1) is 0 Å². The Bertz CT molecular complexity index is 541. The highest BCUT2D eigenvalue weighted by Gasteiger charge is 2.21. The van der Waals surface area contributed by atoms with Crippen LogP contribution in [0.2, 0.25) is 0 Å². The first kappa shape index (κ1) is 15.3. The van der Waals surface area contributed by atoms with Gasteiger partial charge in [0.25, 0.3) is 0 Å². The van der Waals surface area contributed by atoms with Crippen LogP contribution in [0.15, 0.2) is 30.3 Å². The average molecular weight is 284 g/mol. The van der Waals surface area contributed by atoms with E-state index in [1.54, 1.807) is 24.3 Å². The number of likely N-dealkylation sites (tertiary alicyclic amines) is 1. The van der Waals surface area contributed by atoms with Crippen molar-refractivity contribution in [1.82, 2.24) is 4.90 Å². The molecular weight excluding hydrogens is 264 g/mol. The number of carbonyl (C=O) groups excluding carboxylic acids is 1. The van der Waals surface area contributed by atoms with Crippen LogP contribution < -0.4 is 0 Å². The molecule has 0 radical (unpaired) electrons. The van der Waals surface area contributed by atoms with Gasteiger partial charge in [0.1, 0.15) is 0 Å². The summed E-state index contributed by atoms with van der Waals surface area (Å²) in [4.78, 5) is 14.0. The molecule has 110 valence electrons. The molecule has 0 spiro atoms. The van der Waals surface area contributed by atoms with Crippen LogP contribution in [0, 0.1) is 17.2 Å². The molecular formula is C17H20N2O2. The SMILES string of the molecule is N#Cc1ccc(C=CC(=O)N2CCCC(CCO)C2)cc1. The highest BCUT2D eigenvalue weighted by atomic mass is 16.3. The van der Waals surface area contributed by atoms with Crippen LogP contribution in [0.3, 0.4) is 0 Å². The first-order chi connectivity index (χ1) is 10.2. The number of carbonyl (C=O) groups is 1. The Balaban J connectivity index is 1.93. The largest absolute Gasteiger partial charge is 0.396 e. The summed E-state index contributed by atoms with van der Waals surface area (Å²) in [6.07, 6.45) is 6.22. The van der Waals surface area contributed by atoms with E-state index in [1.165, 1.54) is 0 Å². The van der Waals surface area contributed by atoms with Crippen LogP contribution >= 0.6 is 0 Å². The molecule has 0 saturated carbocycles. The quantitative estimate of drug-likeness (QED) is 0.862. The van der Waals surface area contributed by atoms with E-state index in [4.69, 9.17) is 10.4 Å². The number of nitrogens with zero attached hydrogens (tertiary/aromatic N) is 2. The van der Waals surface area contributed by atoms with Gasteiger partial charge in [-0.2, -0.15) is 5.26 Å². The van der Waals surface area contributed by atoms with Crippen molar-refractivity contribution < 1.29 is 9.90 Å². The van der Waals surface area contributed by atoms with Gasteiger partial charge in [0.15, 0.2) is 0 Å². The van der Waals surface area contributed by atoms with E-state index in [0.717, 1.165) is 37.9 Å². The highest BCUT2D eigenvalue weighted by molar-refractivity contribution is 5.91. The summed E-state index contributed by atoms with van der Waals surface area (Å²) in [7, 11) is 0. The van der Waals surface area contributed by atoms with Gasteiger partial charge >= 0.3 is 0 Å². The molecule has 2 rings (SSSR count). The summed E-state index contributed by atoms with van der Waals surface area (Å²) in [6.45, 7) is 1.71. The van der Waals surface area contributed by atoms with E-state index in [0.29, 0.717) is 11.5 Å². The summed E-state index contributed by atoms with van der Waals surface area (Å²) < 4.78 is 0. The summed E-state index contributed by atoms with van der Waals surface area (Å²) >= 11 is 0. The van der Waals surface area contributed by atoms with Gasteiger partial charge in [0.05, 0.1) is 11.6 Å². The minimum Gasteiger partial charge on any atom is -0.396 e. The summed E-state index contributed by atoms with van der Waals surface area (Å²) in [5.74, 6) is 0.429. The van der Waals surface area contributed by atoms with E-state index in [1.807, 2.05) is 17.0 Å². The minimum atomic E-state index is 0.0157. The second-order valence-electron chi connectivity index (χ2n) is 5.37. The van der Waals surface area contributed by atoms with Crippen molar-refractivity contribution in [1.29, 1.82) is 5.26 Å². The van der Waals surface area contributed by atoms with Crippen molar-refractivity contribution in [2.24, 2.45) is 5.92 Å². The zero-order chi connectivity index (χ0) is 15.1. The standard InChI is InChI=1S/C17H20N2O2/c18-12-15-5-3-14(4-6-15)7-8-17(21)19-10-1-2-16(13-19)9-11-20/h3-8,16,20H,1-2,9-11,13H2. The second-order valence-corrected chi connectivity index (χ2v) is 5.37. The van der Waals surface area contributed by atoms with Gasteiger partial charge in [-0.25, -0.2) is 0 Å². The maximum absolute atomic E-state index is 12.2. The molecule has 1 amide bonds. The summed E-state index contributed by atoms with van der Waals surface area (Å²) in [6, 6.07) is 9.20. The maximum atomic E-state index is 12.2. The Kier molecular flexibility index (Phi) is 5.53. The van der Waals surface area contributed by atoms with Crippen molar-refractivity contribution in [3.05, 3.63) is 41.5 Å². The van der Waals surface area contributed by atoms with E-state index in [-0.39, 0.29) is 12.5 Å². The molecule has 0 aromatic heterocycles. The maximum Gasteiger partial charge on any atom is 0.246 e. The van der Waals surface area contributed by atoms with E-state index in [2.05, 4.69) is 6.07 Å². The number of hydrogen-bond acceptors (Lipinski definition) is 3. The number of hydrogen-bond donors (Lipinski definition) is 1. The molecule has 1 aliphatic rings. The fourth-order valence-electron chi connectivity index (χ4n) is 2.63. The van der Waals surface area contributed by atoms with Crippen LogP contribution in [0.1, 0.15) is 30.4 Å². The predicted octanol–water partition coefficient (Wildman–Crippen LogP) is 2.19. The molecule has 1 aliphatic heterocycles. The molecule has 4 heteroatoms. The Morgan fingerprint density at radius 1 is 1.43 bits per heavy atom. The monoisotopic (exact) mass is 284 g/mol. The number of benzene rings is 1. The van der Waals surface area contributed by atoms with Gasteiger partial charge < -0.3 is 10.0 Å². The molecule has 1 heterocycles. The van der Waals surface area contributed by atoms with Crippen molar-refractivity contribution >= 4 is 12.0 Å². The minimum absolute atomic E-state index is 0.0157. The Morgan fingerprint density at radius 3 is 2.86 bits per heavy atom. The van der Waals surface area contributed by atoms with Gasteiger partial charge in [-0.1, -0.05) is 12.1 Å². The Labute approximate surface area is 125 Å². The molecule has 4 nitrogen and oxygen atoms in total. The number of amides is 1. The molecule has 1 N–H and O–H groups in total. The zero-order valence-electron chi connectivity index (χ0n) is 12.0. The van der Waals surface area contributed by atoms with Crippen LogP contribution in [-0.2, 0) is 4.79 Å². The number of aliphatic hydroxyl groups excluding tert-OH is 1. The molecule has 0 bridgehead atoms. The average Bonchev–Trinajstić information content (AvgIpc) is 2.53. The van der Waals surface area contributed by atoms with Crippen molar-refractivity contribution in [2.45, 2.75) is 19.3 Å². The molecule has 1 atom stereocenters. The number of rotatable bonds is 4. The first-order valence-electron chi connectivity index (χ1n) is 7.31.